The average Bonchev–Trinajstić information content (AvgIpc) is 3.50. The summed E-state index contributed by atoms with van der Waals surface area (Å²) < 4.78 is 14.4. The lowest BCUT2D eigenvalue weighted by atomic mass is 9.95. The highest BCUT2D eigenvalue weighted by Gasteiger charge is 2.33. The van der Waals surface area contributed by atoms with Gasteiger partial charge in [0.25, 0.3) is 11.5 Å². The molecule has 2 aromatic heterocycles. The van der Waals surface area contributed by atoms with E-state index in [1.807, 2.05) is 91.0 Å². The number of thiazole rings is 1. The smallest absolute Gasteiger partial charge is 0.271 e. The maximum absolute atomic E-state index is 14.0. The Morgan fingerprint density at radius 1 is 1.07 bits per heavy atom. The van der Waals surface area contributed by atoms with Crippen LogP contribution in [0, 0.1) is 0 Å². The number of benzene rings is 3. The molecule has 1 amide bonds. The Balaban J connectivity index is 1.44. The summed E-state index contributed by atoms with van der Waals surface area (Å²) in [5.74, 6) is 0.819. The minimum absolute atomic E-state index is 0.270. The number of halogens is 1. The van der Waals surface area contributed by atoms with Crippen molar-refractivity contribution < 1.29 is 13.9 Å². The highest BCUT2D eigenvalue weighted by molar-refractivity contribution is 9.10. The number of carbonyl (C=O) groups is 1. The number of methoxy groups -OCH3 is 1. The first-order valence-electron chi connectivity index (χ1n) is 13.0. The molecule has 0 bridgehead atoms. The van der Waals surface area contributed by atoms with Crippen molar-refractivity contribution in [3.8, 4) is 5.75 Å². The molecule has 3 heterocycles. The SMILES string of the molecule is COc1cccc([C@H]2C(C(=O)Nc3ccccc3)=C(C)N=c3s/c(=C/c4cc(Br)c(Sc5ccccc5)o4)c(=O)n32)c1. The lowest BCUT2D eigenvalue weighted by molar-refractivity contribution is -0.113. The van der Waals surface area contributed by atoms with Gasteiger partial charge in [0.05, 0.1) is 33.4 Å². The molecule has 210 valence electrons. The van der Waals surface area contributed by atoms with Crippen LogP contribution in [-0.4, -0.2) is 17.6 Å². The molecule has 0 saturated heterocycles. The van der Waals surface area contributed by atoms with Crippen molar-refractivity contribution in [1.82, 2.24) is 4.57 Å². The number of aromatic nitrogens is 1. The highest BCUT2D eigenvalue weighted by Crippen LogP contribution is 2.36. The molecular formula is C32H24BrN3O4S2. The lowest BCUT2D eigenvalue weighted by Crippen LogP contribution is -2.40. The minimum Gasteiger partial charge on any atom is -0.497 e. The van der Waals surface area contributed by atoms with E-state index in [1.54, 1.807) is 24.7 Å². The van der Waals surface area contributed by atoms with E-state index in [0.29, 0.717) is 42.9 Å². The highest BCUT2D eigenvalue weighted by atomic mass is 79.9. The van der Waals surface area contributed by atoms with Crippen molar-refractivity contribution >= 4 is 56.7 Å². The number of amides is 1. The van der Waals surface area contributed by atoms with Crippen LogP contribution in [0.4, 0.5) is 5.69 Å². The Labute approximate surface area is 258 Å². The van der Waals surface area contributed by atoms with E-state index in [9.17, 15) is 9.59 Å². The van der Waals surface area contributed by atoms with E-state index in [0.717, 1.165) is 14.9 Å². The lowest BCUT2D eigenvalue weighted by Gasteiger charge is -2.25. The molecule has 7 nitrogen and oxygen atoms in total. The second kappa shape index (κ2) is 12.0. The number of carbonyl (C=O) groups excluding carboxylic acids is 1. The summed E-state index contributed by atoms with van der Waals surface area (Å²) in [4.78, 5) is 34.0. The molecule has 0 radical (unpaired) electrons. The van der Waals surface area contributed by atoms with Gasteiger partial charge < -0.3 is 14.5 Å². The molecular weight excluding hydrogens is 634 g/mol. The molecule has 1 atom stereocenters. The number of allylic oxidation sites excluding steroid dienone is 1. The van der Waals surface area contributed by atoms with Crippen molar-refractivity contribution in [2.75, 3.05) is 12.4 Å². The fourth-order valence-corrected chi connectivity index (χ4v) is 7.07. The first-order valence-corrected chi connectivity index (χ1v) is 15.4. The number of furan rings is 1. The predicted octanol–water partition coefficient (Wildman–Crippen LogP) is 6.39. The largest absolute Gasteiger partial charge is 0.497 e. The Kier molecular flexibility index (Phi) is 8.01. The molecule has 0 spiro atoms. The molecule has 1 aliphatic rings. The van der Waals surface area contributed by atoms with E-state index in [1.165, 1.54) is 23.1 Å². The van der Waals surface area contributed by atoms with Gasteiger partial charge in [-0.25, -0.2) is 4.99 Å². The van der Waals surface area contributed by atoms with Crippen LogP contribution in [0.15, 0.2) is 131 Å². The van der Waals surface area contributed by atoms with E-state index >= 15 is 0 Å². The van der Waals surface area contributed by atoms with Crippen LogP contribution >= 0.6 is 39.0 Å². The molecule has 0 unspecified atom stereocenters. The zero-order chi connectivity index (χ0) is 29.2. The van der Waals surface area contributed by atoms with Gasteiger partial charge in [0, 0.05) is 16.7 Å². The third kappa shape index (κ3) is 5.65. The molecule has 0 aliphatic carbocycles. The first kappa shape index (κ1) is 28.0. The van der Waals surface area contributed by atoms with Crippen molar-refractivity contribution in [3.63, 3.8) is 0 Å². The van der Waals surface area contributed by atoms with Gasteiger partial charge in [-0.2, -0.15) is 0 Å². The molecule has 0 saturated carbocycles. The van der Waals surface area contributed by atoms with E-state index < -0.39 is 6.04 Å². The number of hydrogen-bond acceptors (Lipinski definition) is 7. The molecule has 1 N–H and O–H groups in total. The summed E-state index contributed by atoms with van der Waals surface area (Å²) in [6.45, 7) is 1.79. The van der Waals surface area contributed by atoms with Crippen LogP contribution in [0.5, 0.6) is 5.75 Å². The molecule has 5 aromatic rings. The Bertz CT molecular complexity index is 2000. The Morgan fingerprint density at radius 3 is 2.55 bits per heavy atom. The zero-order valence-electron chi connectivity index (χ0n) is 22.5. The number of ether oxygens (including phenoxy) is 1. The standard InChI is InChI=1S/C32H24BrN3O4S2/c1-19-27(29(37)35-21-11-5-3-6-12-21)28(20-10-9-13-22(16-20)39-2)36-30(38)26(42-32(36)34-19)18-23-17-25(33)31(40-23)41-24-14-7-4-8-15-24/h3-18,28H,1-2H3,(H,35,37)/b26-18+/t28-/m0/s1. The normalized spacial score (nSPS) is 14.8. The summed E-state index contributed by atoms with van der Waals surface area (Å²) in [6, 6.07) is 27.6. The predicted molar refractivity (Wildman–Crippen MR) is 169 cm³/mol. The first-order chi connectivity index (χ1) is 20.4. The van der Waals surface area contributed by atoms with E-state index in [4.69, 9.17) is 14.1 Å². The third-order valence-corrected chi connectivity index (χ3v) is 9.44. The van der Waals surface area contributed by atoms with Crippen LogP contribution in [0.25, 0.3) is 6.08 Å². The van der Waals surface area contributed by atoms with Gasteiger partial charge in [0.15, 0.2) is 9.89 Å². The van der Waals surface area contributed by atoms with Crippen molar-refractivity contribution in [2.45, 2.75) is 23.0 Å². The second-order valence-corrected chi connectivity index (χ2v) is 12.3. The molecule has 42 heavy (non-hydrogen) atoms. The van der Waals surface area contributed by atoms with Gasteiger partial charge >= 0.3 is 0 Å². The number of rotatable bonds is 7. The van der Waals surface area contributed by atoms with Crippen LogP contribution in [0.3, 0.4) is 0 Å². The number of nitrogens with zero attached hydrogens (tertiary/aromatic N) is 2. The monoisotopic (exact) mass is 657 g/mol. The fraction of sp³-hybridized carbons (Fsp3) is 0.0938. The zero-order valence-corrected chi connectivity index (χ0v) is 25.8. The molecule has 6 rings (SSSR count). The Morgan fingerprint density at radius 2 is 1.81 bits per heavy atom. The van der Waals surface area contributed by atoms with Gasteiger partial charge in [0.2, 0.25) is 0 Å². The summed E-state index contributed by atoms with van der Waals surface area (Å²) in [6.07, 6.45) is 1.72. The number of nitrogens with one attached hydrogen (secondary N) is 1. The van der Waals surface area contributed by atoms with E-state index in [-0.39, 0.29) is 11.5 Å². The number of para-hydroxylation sites is 1. The van der Waals surface area contributed by atoms with Crippen LogP contribution in [0.1, 0.15) is 24.3 Å². The summed E-state index contributed by atoms with van der Waals surface area (Å²) in [7, 11) is 1.58. The quantitative estimate of drug-likeness (QED) is 0.219. The number of anilines is 1. The maximum atomic E-state index is 14.0. The minimum atomic E-state index is -0.713. The molecule has 3 aromatic carbocycles. The van der Waals surface area contributed by atoms with Crippen LogP contribution < -0.4 is 24.9 Å². The Hall–Kier alpha value is -4.12. The fourth-order valence-electron chi connectivity index (χ4n) is 4.69. The molecule has 1 aliphatic heterocycles. The van der Waals surface area contributed by atoms with Gasteiger partial charge in [-0.3, -0.25) is 14.2 Å². The molecule has 10 heteroatoms. The van der Waals surface area contributed by atoms with Crippen molar-refractivity contribution in [1.29, 1.82) is 0 Å². The third-order valence-electron chi connectivity index (χ3n) is 6.61. The van der Waals surface area contributed by atoms with Crippen LogP contribution in [0.2, 0.25) is 0 Å². The van der Waals surface area contributed by atoms with Gasteiger partial charge in [-0.05, 0) is 70.9 Å². The van der Waals surface area contributed by atoms with Gasteiger partial charge in [-0.1, -0.05) is 71.6 Å². The van der Waals surface area contributed by atoms with E-state index in [2.05, 4.69) is 21.2 Å². The summed E-state index contributed by atoms with van der Waals surface area (Å²) in [5, 5.41) is 3.65. The summed E-state index contributed by atoms with van der Waals surface area (Å²) in [5.41, 5.74) is 2.03. The van der Waals surface area contributed by atoms with Crippen molar-refractivity contribution in [3.05, 3.63) is 138 Å². The number of fused-ring (bicyclic) bond motifs is 1. The maximum Gasteiger partial charge on any atom is 0.271 e. The second-order valence-electron chi connectivity index (χ2n) is 9.38. The van der Waals surface area contributed by atoms with Crippen LogP contribution in [-0.2, 0) is 4.79 Å². The average molecular weight is 659 g/mol. The number of hydrogen-bond donors (Lipinski definition) is 1. The van der Waals surface area contributed by atoms with Crippen molar-refractivity contribution in [2.24, 2.45) is 4.99 Å². The topological polar surface area (TPSA) is 85.8 Å². The molecule has 0 fully saturated rings. The summed E-state index contributed by atoms with van der Waals surface area (Å²) >= 11 is 6.32. The van der Waals surface area contributed by atoms with Gasteiger partial charge in [-0.15, -0.1) is 0 Å². The van der Waals surface area contributed by atoms with Gasteiger partial charge in [0.1, 0.15) is 11.5 Å².